The molecule has 1 aliphatic heterocycles. The van der Waals surface area contributed by atoms with E-state index < -0.39 is 0 Å². The zero-order chi connectivity index (χ0) is 18.4. The summed E-state index contributed by atoms with van der Waals surface area (Å²) in [7, 11) is 3.24. The fourth-order valence-corrected chi connectivity index (χ4v) is 3.33. The van der Waals surface area contributed by atoms with E-state index in [0.717, 1.165) is 62.7 Å². The largest absolute Gasteiger partial charge is 0.469 e. The molecule has 2 aromatic rings. The molecule has 3 rings (SSSR count). The average Bonchev–Trinajstić information content (AvgIpc) is 3.11. The molecule has 0 aromatic carbocycles. The number of fused-ring (bicyclic) bond motifs is 1. The van der Waals surface area contributed by atoms with E-state index in [1.807, 2.05) is 28.8 Å². The van der Waals surface area contributed by atoms with E-state index in [-0.39, 0.29) is 35.9 Å². The number of pyridine rings is 1. The van der Waals surface area contributed by atoms with Crippen LogP contribution in [0.1, 0.15) is 25.1 Å². The molecule has 9 heteroatoms. The van der Waals surface area contributed by atoms with Gasteiger partial charge in [0, 0.05) is 39.3 Å². The predicted molar refractivity (Wildman–Crippen MR) is 114 cm³/mol. The molecule has 1 saturated heterocycles. The van der Waals surface area contributed by atoms with Crippen molar-refractivity contribution in [1.29, 1.82) is 0 Å². The number of ether oxygens (including phenoxy) is 1. The quantitative estimate of drug-likeness (QED) is 0.228. The first kappa shape index (κ1) is 21.4. The molecule has 0 spiro atoms. The minimum absolute atomic E-state index is 0. The highest BCUT2D eigenvalue weighted by atomic mass is 127. The van der Waals surface area contributed by atoms with Crippen LogP contribution in [0.2, 0.25) is 0 Å². The van der Waals surface area contributed by atoms with E-state index in [1.54, 1.807) is 7.05 Å². The van der Waals surface area contributed by atoms with Gasteiger partial charge in [-0.25, -0.2) is 0 Å². The lowest BCUT2D eigenvalue weighted by Gasteiger charge is -2.33. The second-order valence-electron chi connectivity index (χ2n) is 6.41. The zero-order valence-electron chi connectivity index (χ0n) is 15.8. The van der Waals surface area contributed by atoms with Crippen molar-refractivity contribution in [3.8, 4) is 0 Å². The summed E-state index contributed by atoms with van der Waals surface area (Å²) in [5, 5.41) is 11.8. The topological polar surface area (TPSA) is 84.1 Å². The summed E-state index contributed by atoms with van der Waals surface area (Å²) >= 11 is 0. The van der Waals surface area contributed by atoms with E-state index in [2.05, 4.69) is 25.4 Å². The first-order chi connectivity index (χ1) is 12.7. The molecule has 0 saturated carbocycles. The van der Waals surface area contributed by atoms with Crippen molar-refractivity contribution < 1.29 is 9.53 Å². The summed E-state index contributed by atoms with van der Waals surface area (Å²) in [4.78, 5) is 18.2. The minimum atomic E-state index is -0.104. The van der Waals surface area contributed by atoms with Crippen LogP contribution in [0, 0.1) is 5.92 Å². The third kappa shape index (κ3) is 5.30. The lowest BCUT2D eigenvalue weighted by Crippen LogP contribution is -2.46. The number of hydrogen-bond donors (Lipinski definition) is 1. The summed E-state index contributed by atoms with van der Waals surface area (Å²) < 4.78 is 6.86. The number of hydrogen-bond acceptors (Lipinski definition) is 5. The smallest absolute Gasteiger partial charge is 0.308 e. The van der Waals surface area contributed by atoms with Crippen LogP contribution in [-0.4, -0.2) is 65.2 Å². The lowest BCUT2D eigenvalue weighted by molar-refractivity contribution is -0.146. The first-order valence-corrected chi connectivity index (χ1v) is 9.05. The molecule has 0 amide bonds. The van der Waals surface area contributed by atoms with Crippen LogP contribution < -0.4 is 5.32 Å². The van der Waals surface area contributed by atoms with Gasteiger partial charge < -0.3 is 15.0 Å². The number of aliphatic imine (C=N–C) groups is 1. The highest BCUT2D eigenvalue weighted by Gasteiger charge is 2.26. The molecule has 0 atom stereocenters. The van der Waals surface area contributed by atoms with E-state index >= 15 is 0 Å². The third-order valence-electron chi connectivity index (χ3n) is 4.79. The minimum Gasteiger partial charge on any atom is -0.469 e. The number of methoxy groups -OCH3 is 1. The number of aryl methyl sites for hydroxylation is 1. The molecule has 8 nitrogen and oxygen atoms in total. The Hall–Kier alpha value is -1.91. The van der Waals surface area contributed by atoms with Crippen LogP contribution in [0.15, 0.2) is 29.4 Å². The van der Waals surface area contributed by atoms with Gasteiger partial charge >= 0.3 is 5.97 Å². The number of nitrogens with zero attached hydrogens (tertiary/aromatic N) is 5. The standard InChI is InChI=1S/C18H26N6O2.HI/c1-19-18(23-12-8-14(9-13-23)17(25)26-2)20-10-5-7-16-22-21-15-6-3-4-11-24(15)16;/h3-4,6,11,14H,5,7-10,12-13H2,1-2H3,(H,19,20);1H. The van der Waals surface area contributed by atoms with Crippen LogP contribution in [-0.2, 0) is 16.0 Å². The second-order valence-corrected chi connectivity index (χ2v) is 6.41. The van der Waals surface area contributed by atoms with Crippen molar-refractivity contribution in [2.45, 2.75) is 25.7 Å². The highest BCUT2D eigenvalue weighted by molar-refractivity contribution is 14.0. The van der Waals surface area contributed by atoms with Gasteiger partial charge in [0.2, 0.25) is 0 Å². The maximum absolute atomic E-state index is 11.6. The van der Waals surface area contributed by atoms with Crippen molar-refractivity contribution in [2.75, 3.05) is 33.8 Å². The normalized spacial score (nSPS) is 15.5. The van der Waals surface area contributed by atoms with Crippen molar-refractivity contribution in [3.05, 3.63) is 30.2 Å². The Morgan fingerprint density at radius 1 is 1.33 bits per heavy atom. The number of guanidine groups is 1. The molecule has 2 aromatic heterocycles. The average molecular weight is 486 g/mol. The van der Waals surface area contributed by atoms with Gasteiger partial charge in [0.25, 0.3) is 0 Å². The molecule has 3 heterocycles. The summed E-state index contributed by atoms with van der Waals surface area (Å²) in [6.07, 6.45) is 5.38. The first-order valence-electron chi connectivity index (χ1n) is 9.05. The van der Waals surface area contributed by atoms with Gasteiger partial charge in [-0.1, -0.05) is 6.07 Å². The number of halogens is 1. The molecule has 0 radical (unpaired) electrons. The van der Waals surface area contributed by atoms with Gasteiger partial charge in [0.05, 0.1) is 13.0 Å². The van der Waals surface area contributed by atoms with Crippen molar-refractivity contribution in [1.82, 2.24) is 24.8 Å². The van der Waals surface area contributed by atoms with Crippen molar-refractivity contribution >= 4 is 41.6 Å². The Balaban J connectivity index is 0.00000261. The summed E-state index contributed by atoms with van der Waals surface area (Å²) in [6.45, 7) is 2.44. The lowest BCUT2D eigenvalue weighted by atomic mass is 9.97. The zero-order valence-corrected chi connectivity index (χ0v) is 18.1. The van der Waals surface area contributed by atoms with Crippen molar-refractivity contribution in [3.63, 3.8) is 0 Å². The number of esters is 1. The van der Waals surface area contributed by atoms with Gasteiger partial charge in [-0.3, -0.25) is 14.2 Å². The number of carbonyl (C=O) groups excluding carboxylic acids is 1. The Bertz CT molecular complexity index is 770. The number of likely N-dealkylation sites (tertiary alicyclic amines) is 1. The van der Waals surface area contributed by atoms with E-state index in [0.29, 0.717) is 0 Å². The van der Waals surface area contributed by atoms with Gasteiger partial charge in [-0.15, -0.1) is 34.2 Å². The van der Waals surface area contributed by atoms with Gasteiger partial charge in [-0.2, -0.15) is 0 Å². The molecule has 0 aliphatic carbocycles. The number of aromatic nitrogens is 3. The molecule has 1 N–H and O–H groups in total. The molecular weight excluding hydrogens is 459 g/mol. The fourth-order valence-electron chi connectivity index (χ4n) is 3.33. The predicted octanol–water partition coefficient (Wildman–Crippen LogP) is 1.74. The summed E-state index contributed by atoms with van der Waals surface area (Å²) in [5.74, 6) is 1.76. The van der Waals surface area contributed by atoms with Gasteiger partial charge in [0.1, 0.15) is 5.82 Å². The Morgan fingerprint density at radius 2 is 2.11 bits per heavy atom. The Morgan fingerprint density at radius 3 is 2.81 bits per heavy atom. The number of rotatable bonds is 5. The van der Waals surface area contributed by atoms with Crippen LogP contribution in [0.4, 0.5) is 0 Å². The third-order valence-corrected chi connectivity index (χ3v) is 4.79. The number of piperidine rings is 1. The SMILES string of the molecule is CN=C(NCCCc1nnc2ccccn12)N1CCC(C(=O)OC)CC1.I. The highest BCUT2D eigenvalue weighted by Crippen LogP contribution is 2.18. The monoisotopic (exact) mass is 486 g/mol. The molecule has 0 unspecified atom stereocenters. The maximum Gasteiger partial charge on any atom is 0.308 e. The van der Waals surface area contributed by atoms with Crippen LogP contribution >= 0.6 is 24.0 Å². The maximum atomic E-state index is 11.6. The molecule has 1 fully saturated rings. The van der Waals surface area contributed by atoms with Crippen LogP contribution in [0.5, 0.6) is 0 Å². The van der Waals surface area contributed by atoms with Gasteiger partial charge in [-0.05, 0) is 31.4 Å². The second kappa shape index (κ2) is 10.4. The fraction of sp³-hybridized carbons (Fsp3) is 0.556. The molecule has 0 bridgehead atoms. The van der Waals surface area contributed by atoms with Crippen LogP contribution in [0.3, 0.4) is 0 Å². The molecule has 1 aliphatic rings. The van der Waals surface area contributed by atoms with E-state index in [4.69, 9.17) is 4.74 Å². The summed E-state index contributed by atoms with van der Waals surface area (Å²) in [5.41, 5.74) is 0.875. The van der Waals surface area contributed by atoms with E-state index in [1.165, 1.54) is 7.11 Å². The Kier molecular flexibility index (Phi) is 8.26. The van der Waals surface area contributed by atoms with E-state index in [9.17, 15) is 4.79 Å². The van der Waals surface area contributed by atoms with Crippen LogP contribution in [0.25, 0.3) is 5.65 Å². The molecule has 27 heavy (non-hydrogen) atoms. The van der Waals surface area contributed by atoms with Crippen molar-refractivity contribution in [2.24, 2.45) is 10.9 Å². The summed E-state index contributed by atoms with van der Waals surface area (Å²) in [6, 6.07) is 5.90. The number of nitrogens with one attached hydrogen (secondary N) is 1. The molecule has 148 valence electrons. The molecular formula is C18H27IN6O2. The number of carbonyl (C=O) groups is 1. The van der Waals surface area contributed by atoms with Gasteiger partial charge in [0.15, 0.2) is 11.6 Å². The Labute approximate surface area is 176 Å².